The van der Waals surface area contributed by atoms with Gasteiger partial charge in [0.25, 0.3) is 15.6 Å². The van der Waals surface area contributed by atoms with Crippen LogP contribution in [0.15, 0.2) is 66.2 Å². The number of aryl methyl sites for hydroxylation is 1. The molecule has 0 unspecified atom stereocenters. The third kappa shape index (κ3) is 3.13. The Balaban J connectivity index is 1.84. The summed E-state index contributed by atoms with van der Waals surface area (Å²) in [7, 11) is -2.68. The van der Waals surface area contributed by atoms with Crippen LogP contribution in [-0.4, -0.2) is 25.4 Å². The summed E-state index contributed by atoms with van der Waals surface area (Å²) in [6, 6.07) is 9.95. The molecule has 29 heavy (non-hydrogen) atoms. The van der Waals surface area contributed by atoms with Crippen molar-refractivity contribution in [3.05, 3.63) is 79.3 Å². The van der Waals surface area contributed by atoms with Gasteiger partial charge in [0.05, 0.1) is 21.5 Å². The molecule has 148 valence electrons. The van der Waals surface area contributed by atoms with Crippen LogP contribution in [0.4, 0.5) is 5.69 Å². The minimum atomic E-state index is -4.03. The Bertz CT molecular complexity index is 1560. The molecule has 2 heterocycles. The fraction of sp³-hybridized carbons (Fsp3) is 0.105. The predicted octanol–water partition coefficient (Wildman–Crippen LogP) is 1.46. The van der Waals surface area contributed by atoms with Gasteiger partial charge in [-0.15, -0.1) is 0 Å². The lowest BCUT2D eigenvalue weighted by atomic mass is 10.1. The summed E-state index contributed by atoms with van der Waals surface area (Å²) in [6.07, 6.45) is 0. The molecule has 0 bridgehead atoms. The van der Waals surface area contributed by atoms with E-state index in [1.54, 1.807) is 19.1 Å². The fourth-order valence-electron chi connectivity index (χ4n) is 3.11. The Morgan fingerprint density at radius 3 is 2.45 bits per heavy atom. The molecule has 2 aromatic carbocycles. The van der Waals surface area contributed by atoms with Crippen molar-refractivity contribution in [2.75, 3.05) is 11.4 Å². The van der Waals surface area contributed by atoms with E-state index in [0.717, 1.165) is 9.87 Å². The van der Waals surface area contributed by atoms with Crippen LogP contribution >= 0.6 is 0 Å². The zero-order chi connectivity index (χ0) is 20.9. The van der Waals surface area contributed by atoms with Gasteiger partial charge in [0.2, 0.25) is 0 Å². The molecule has 0 saturated carbocycles. The summed E-state index contributed by atoms with van der Waals surface area (Å²) in [6.45, 7) is 1.76. The monoisotopic (exact) mass is 413 g/mol. The predicted molar refractivity (Wildman–Crippen MR) is 108 cm³/mol. The highest BCUT2D eigenvalue weighted by Crippen LogP contribution is 2.27. The molecule has 0 amide bonds. The molecule has 2 N–H and O–H groups in total. The molecule has 10 heteroatoms. The van der Waals surface area contributed by atoms with Crippen molar-refractivity contribution in [2.24, 2.45) is 0 Å². The lowest BCUT2D eigenvalue weighted by Crippen LogP contribution is -2.27. The van der Waals surface area contributed by atoms with E-state index in [0.29, 0.717) is 5.39 Å². The van der Waals surface area contributed by atoms with Crippen LogP contribution in [0.2, 0.25) is 0 Å². The first kappa shape index (κ1) is 18.7. The Labute approximate surface area is 163 Å². The minimum absolute atomic E-state index is 0.0409. The molecule has 4 aromatic rings. The van der Waals surface area contributed by atoms with E-state index in [4.69, 9.17) is 4.42 Å². The van der Waals surface area contributed by atoms with E-state index in [2.05, 4.69) is 9.97 Å². The summed E-state index contributed by atoms with van der Waals surface area (Å²) in [4.78, 5) is 39.4. The van der Waals surface area contributed by atoms with Gasteiger partial charge in [0.1, 0.15) is 5.58 Å². The third-order valence-corrected chi connectivity index (χ3v) is 6.45. The van der Waals surface area contributed by atoms with Crippen molar-refractivity contribution in [3.8, 4) is 0 Å². The first-order valence-corrected chi connectivity index (χ1v) is 9.90. The molecule has 0 aliphatic rings. The molecule has 0 radical (unpaired) electrons. The number of aromatic amines is 2. The van der Waals surface area contributed by atoms with E-state index < -0.39 is 26.9 Å². The highest BCUT2D eigenvalue weighted by Gasteiger charge is 2.23. The summed E-state index contributed by atoms with van der Waals surface area (Å²) in [5.74, 6) is 0. The largest absolute Gasteiger partial charge is 0.423 e. The Morgan fingerprint density at radius 2 is 1.69 bits per heavy atom. The first-order valence-electron chi connectivity index (χ1n) is 8.46. The first-order chi connectivity index (χ1) is 13.7. The van der Waals surface area contributed by atoms with Crippen LogP contribution in [0.1, 0.15) is 5.56 Å². The van der Waals surface area contributed by atoms with Crippen molar-refractivity contribution in [1.29, 1.82) is 0 Å². The minimum Gasteiger partial charge on any atom is -0.423 e. The summed E-state index contributed by atoms with van der Waals surface area (Å²) in [5.41, 5.74) is -0.404. The van der Waals surface area contributed by atoms with Gasteiger partial charge >= 0.3 is 11.3 Å². The standard InChI is InChI=1S/C19H15N3O6S/c1-10-7-17(23)28-16-8-11(3-5-13(10)16)22(2)29(26,27)12-4-6-15-14(9-12)18(24)21-19(25)20-15/h3-9H,1-2H3,(H2,20,21,24,25). The van der Waals surface area contributed by atoms with Crippen molar-refractivity contribution in [3.63, 3.8) is 0 Å². The number of hydrogen-bond acceptors (Lipinski definition) is 6. The molecular formula is C19H15N3O6S. The van der Waals surface area contributed by atoms with Crippen molar-refractivity contribution in [2.45, 2.75) is 11.8 Å². The van der Waals surface area contributed by atoms with Crippen molar-refractivity contribution >= 4 is 37.6 Å². The second-order valence-corrected chi connectivity index (χ2v) is 8.49. The number of fused-ring (bicyclic) bond motifs is 2. The van der Waals surface area contributed by atoms with E-state index in [-0.39, 0.29) is 27.1 Å². The summed E-state index contributed by atoms with van der Waals surface area (Å²) in [5, 5.41) is 0.736. The second kappa shape index (κ2) is 6.45. The summed E-state index contributed by atoms with van der Waals surface area (Å²) >= 11 is 0. The number of H-pyrrole nitrogens is 2. The molecule has 4 rings (SSSR count). The van der Waals surface area contributed by atoms with Gasteiger partial charge in [-0.25, -0.2) is 18.0 Å². The zero-order valence-electron chi connectivity index (χ0n) is 15.3. The Kier molecular flexibility index (Phi) is 4.16. The van der Waals surface area contributed by atoms with Crippen LogP contribution in [0.25, 0.3) is 21.9 Å². The third-order valence-electron chi connectivity index (χ3n) is 4.67. The molecule has 0 atom stereocenters. The molecular weight excluding hydrogens is 398 g/mol. The summed E-state index contributed by atoms with van der Waals surface area (Å²) < 4.78 is 32.4. The van der Waals surface area contributed by atoms with E-state index >= 15 is 0 Å². The maximum absolute atomic E-state index is 13.1. The molecule has 0 saturated heterocycles. The number of anilines is 1. The van der Waals surface area contributed by atoms with Gasteiger partial charge in [0.15, 0.2) is 0 Å². The number of nitrogens with zero attached hydrogens (tertiary/aromatic N) is 1. The maximum atomic E-state index is 13.1. The molecule has 0 aliphatic carbocycles. The quantitative estimate of drug-likeness (QED) is 0.489. The van der Waals surface area contributed by atoms with Gasteiger partial charge in [-0.3, -0.25) is 14.1 Å². The molecule has 0 fully saturated rings. The number of aromatic nitrogens is 2. The average Bonchev–Trinajstić information content (AvgIpc) is 2.66. The highest BCUT2D eigenvalue weighted by atomic mass is 32.2. The molecule has 0 aliphatic heterocycles. The van der Waals surface area contributed by atoms with Crippen molar-refractivity contribution in [1.82, 2.24) is 9.97 Å². The van der Waals surface area contributed by atoms with Gasteiger partial charge < -0.3 is 9.40 Å². The zero-order valence-corrected chi connectivity index (χ0v) is 16.2. The van der Waals surface area contributed by atoms with Crippen LogP contribution < -0.4 is 21.2 Å². The highest BCUT2D eigenvalue weighted by molar-refractivity contribution is 7.92. The topological polar surface area (TPSA) is 133 Å². The number of benzene rings is 2. The van der Waals surface area contributed by atoms with Crippen LogP contribution in [0.3, 0.4) is 0 Å². The van der Waals surface area contributed by atoms with Crippen LogP contribution in [0, 0.1) is 6.92 Å². The van der Waals surface area contributed by atoms with Gasteiger partial charge in [-0.05, 0) is 42.8 Å². The van der Waals surface area contributed by atoms with Gasteiger partial charge in [-0.1, -0.05) is 0 Å². The lowest BCUT2D eigenvalue weighted by molar-refractivity contribution is 0.560. The van der Waals surface area contributed by atoms with E-state index in [9.17, 15) is 22.8 Å². The molecule has 0 spiro atoms. The number of rotatable bonds is 3. The van der Waals surface area contributed by atoms with E-state index in [1.807, 2.05) is 0 Å². The van der Waals surface area contributed by atoms with Gasteiger partial charge in [0, 0.05) is 24.6 Å². The van der Waals surface area contributed by atoms with Crippen LogP contribution in [0.5, 0.6) is 0 Å². The smallest absolute Gasteiger partial charge is 0.336 e. The van der Waals surface area contributed by atoms with E-state index in [1.165, 1.54) is 37.4 Å². The lowest BCUT2D eigenvalue weighted by Gasteiger charge is -2.20. The number of nitrogens with one attached hydrogen (secondary N) is 2. The normalized spacial score (nSPS) is 11.8. The molecule has 9 nitrogen and oxygen atoms in total. The Morgan fingerprint density at radius 1 is 0.931 bits per heavy atom. The number of hydrogen-bond donors (Lipinski definition) is 2. The van der Waals surface area contributed by atoms with Crippen molar-refractivity contribution < 1.29 is 12.8 Å². The van der Waals surface area contributed by atoms with Crippen LogP contribution in [-0.2, 0) is 10.0 Å². The second-order valence-electron chi connectivity index (χ2n) is 6.52. The fourth-order valence-corrected chi connectivity index (χ4v) is 4.33. The number of sulfonamides is 1. The maximum Gasteiger partial charge on any atom is 0.336 e. The SMILES string of the molecule is Cc1cc(=O)oc2cc(N(C)S(=O)(=O)c3ccc4[nH]c(=O)[nH]c(=O)c4c3)ccc12. The average molecular weight is 413 g/mol. The molecule has 2 aromatic heterocycles. The van der Waals surface area contributed by atoms with Gasteiger partial charge in [-0.2, -0.15) is 0 Å². The Hall–Kier alpha value is -3.66.